The zero-order valence-corrected chi connectivity index (χ0v) is 7.45. The normalized spacial score (nSPS) is 10.0. The van der Waals surface area contributed by atoms with Gasteiger partial charge in [-0.25, -0.2) is 4.79 Å². The van der Waals surface area contributed by atoms with Crippen LogP contribution in [0.1, 0.15) is 0 Å². The topological polar surface area (TPSA) is 55.1 Å². The molecule has 0 saturated heterocycles. The highest BCUT2D eigenvalue weighted by Crippen LogP contribution is 2.18. The Morgan fingerprint density at radius 3 is 2.93 bits per heavy atom. The van der Waals surface area contributed by atoms with E-state index in [1.807, 2.05) is 30.3 Å². The van der Waals surface area contributed by atoms with E-state index in [4.69, 9.17) is 5.73 Å². The quantitative estimate of drug-likeness (QED) is 0.702. The van der Waals surface area contributed by atoms with E-state index in [0.717, 1.165) is 10.8 Å². The molecule has 69 valence electrons. The van der Waals surface area contributed by atoms with Gasteiger partial charge in [0.2, 0.25) is 0 Å². The highest BCUT2D eigenvalue weighted by atomic mass is 16.2. The molecule has 1 radical (unpaired) electrons. The smallest absolute Gasteiger partial charge is 0.316 e. The Balaban J connectivity index is 2.46. The molecule has 0 spiro atoms. The number of anilines is 1. The van der Waals surface area contributed by atoms with E-state index in [2.05, 4.69) is 11.4 Å². The van der Waals surface area contributed by atoms with Crippen LogP contribution in [0.3, 0.4) is 0 Å². The summed E-state index contributed by atoms with van der Waals surface area (Å²) in [7, 11) is 0. The number of urea groups is 1. The van der Waals surface area contributed by atoms with Crippen molar-refractivity contribution in [2.24, 2.45) is 5.73 Å². The Hall–Kier alpha value is -2.03. The summed E-state index contributed by atoms with van der Waals surface area (Å²) in [6.07, 6.45) is 0. The van der Waals surface area contributed by atoms with Gasteiger partial charge in [0.25, 0.3) is 0 Å². The fourth-order valence-electron chi connectivity index (χ4n) is 1.35. The van der Waals surface area contributed by atoms with Gasteiger partial charge in [0.1, 0.15) is 0 Å². The maximum Gasteiger partial charge on any atom is 0.316 e. The average molecular weight is 185 g/mol. The number of hydrogen-bond donors (Lipinski definition) is 2. The fraction of sp³-hybridized carbons (Fsp3) is 0. The third kappa shape index (κ3) is 1.66. The highest BCUT2D eigenvalue weighted by molar-refractivity contribution is 5.92. The van der Waals surface area contributed by atoms with Gasteiger partial charge in [-0.2, -0.15) is 0 Å². The molecule has 3 heteroatoms. The average Bonchev–Trinajstić information content (AvgIpc) is 2.17. The molecule has 14 heavy (non-hydrogen) atoms. The Morgan fingerprint density at radius 2 is 2.14 bits per heavy atom. The van der Waals surface area contributed by atoms with Gasteiger partial charge >= 0.3 is 6.03 Å². The summed E-state index contributed by atoms with van der Waals surface area (Å²) < 4.78 is 0. The summed E-state index contributed by atoms with van der Waals surface area (Å²) >= 11 is 0. The number of carbonyl (C=O) groups excluding carboxylic acids is 1. The minimum Gasteiger partial charge on any atom is -0.351 e. The standard InChI is InChI=1S/C11H9N2O/c12-11(14)13-10-6-5-8-3-1-2-4-9(8)7-10/h2-7H,(H3,12,13,14). The molecular weight excluding hydrogens is 176 g/mol. The number of amides is 2. The molecule has 0 fully saturated rings. The van der Waals surface area contributed by atoms with Crippen LogP contribution in [0, 0.1) is 6.07 Å². The van der Waals surface area contributed by atoms with Crippen molar-refractivity contribution in [1.29, 1.82) is 0 Å². The van der Waals surface area contributed by atoms with Crippen molar-refractivity contribution in [3.05, 3.63) is 42.5 Å². The Morgan fingerprint density at radius 1 is 1.29 bits per heavy atom. The first-order chi connectivity index (χ1) is 6.75. The predicted octanol–water partition coefficient (Wildman–Crippen LogP) is 2.13. The second-order valence-electron chi connectivity index (χ2n) is 2.98. The summed E-state index contributed by atoms with van der Waals surface area (Å²) in [5.74, 6) is 0. The maximum absolute atomic E-state index is 10.6. The molecule has 0 saturated carbocycles. The number of fused-ring (bicyclic) bond motifs is 1. The zero-order chi connectivity index (χ0) is 9.97. The number of carbonyl (C=O) groups is 1. The molecule has 2 aromatic carbocycles. The lowest BCUT2D eigenvalue weighted by atomic mass is 10.1. The van der Waals surface area contributed by atoms with Crippen LogP contribution in [-0.2, 0) is 0 Å². The predicted molar refractivity (Wildman–Crippen MR) is 56.0 cm³/mol. The molecule has 2 rings (SSSR count). The molecule has 0 heterocycles. The zero-order valence-electron chi connectivity index (χ0n) is 7.45. The Bertz CT molecular complexity index is 479. The van der Waals surface area contributed by atoms with Crippen LogP contribution in [-0.4, -0.2) is 6.03 Å². The Kier molecular flexibility index (Phi) is 2.07. The van der Waals surface area contributed by atoms with Crippen molar-refractivity contribution in [1.82, 2.24) is 0 Å². The van der Waals surface area contributed by atoms with Crippen LogP contribution >= 0.6 is 0 Å². The van der Waals surface area contributed by atoms with E-state index in [-0.39, 0.29) is 0 Å². The van der Waals surface area contributed by atoms with Gasteiger partial charge in [-0.05, 0) is 35.0 Å². The second kappa shape index (κ2) is 3.38. The van der Waals surface area contributed by atoms with E-state index >= 15 is 0 Å². The number of hydrogen-bond acceptors (Lipinski definition) is 1. The molecule has 0 bridgehead atoms. The van der Waals surface area contributed by atoms with Gasteiger partial charge in [-0.3, -0.25) is 0 Å². The van der Waals surface area contributed by atoms with E-state index in [1.54, 1.807) is 6.07 Å². The number of rotatable bonds is 1. The van der Waals surface area contributed by atoms with Crippen molar-refractivity contribution >= 4 is 22.5 Å². The van der Waals surface area contributed by atoms with Crippen LogP contribution in [0.5, 0.6) is 0 Å². The SMILES string of the molecule is NC(=O)Nc1ccc2c[c]ccc2c1. The Labute approximate surface area is 81.5 Å². The first kappa shape index (κ1) is 8.56. The number of nitrogens with one attached hydrogen (secondary N) is 1. The van der Waals surface area contributed by atoms with Gasteiger partial charge in [-0.1, -0.05) is 18.2 Å². The van der Waals surface area contributed by atoms with Gasteiger partial charge in [0, 0.05) is 5.69 Å². The van der Waals surface area contributed by atoms with E-state index in [1.165, 1.54) is 0 Å². The molecular formula is C11H9N2O. The third-order valence-corrected chi connectivity index (χ3v) is 1.95. The minimum absolute atomic E-state index is 0.549. The van der Waals surface area contributed by atoms with Crippen LogP contribution in [0.2, 0.25) is 0 Å². The van der Waals surface area contributed by atoms with Crippen molar-refractivity contribution < 1.29 is 4.79 Å². The lowest BCUT2D eigenvalue weighted by molar-refractivity contribution is 0.259. The van der Waals surface area contributed by atoms with Crippen molar-refractivity contribution in [3.8, 4) is 0 Å². The van der Waals surface area contributed by atoms with Crippen LogP contribution < -0.4 is 11.1 Å². The van der Waals surface area contributed by atoms with Crippen LogP contribution in [0.25, 0.3) is 10.8 Å². The van der Waals surface area contributed by atoms with Crippen molar-refractivity contribution in [2.45, 2.75) is 0 Å². The van der Waals surface area contributed by atoms with Gasteiger partial charge in [0.15, 0.2) is 0 Å². The number of primary amides is 1. The van der Waals surface area contributed by atoms with Gasteiger partial charge in [-0.15, -0.1) is 0 Å². The van der Waals surface area contributed by atoms with E-state index in [0.29, 0.717) is 5.69 Å². The molecule has 3 N–H and O–H groups in total. The van der Waals surface area contributed by atoms with Crippen molar-refractivity contribution in [3.63, 3.8) is 0 Å². The largest absolute Gasteiger partial charge is 0.351 e. The number of benzene rings is 2. The van der Waals surface area contributed by atoms with E-state index in [9.17, 15) is 4.79 Å². The highest BCUT2D eigenvalue weighted by Gasteiger charge is 1.97. The van der Waals surface area contributed by atoms with Gasteiger partial charge in [0.05, 0.1) is 0 Å². The molecule has 3 nitrogen and oxygen atoms in total. The molecule has 0 aliphatic carbocycles. The molecule has 2 amide bonds. The van der Waals surface area contributed by atoms with Crippen molar-refractivity contribution in [2.75, 3.05) is 5.32 Å². The number of nitrogens with two attached hydrogens (primary N) is 1. The first-order valence-corrected chi connectivity index (χ1v) is 4.22. The summed E-state index contributed by atoms with van der Waals surface area (Å²) in [5.41, 5.74) is 5.72. The maximum atomic E-state index is 10.6. The lowest BCUT2D eigenvalue weighted by Gasteiger charge is -2.02. The third-order valence-electron chi connectivity index (χ3n) is 1.95. The first-order valence-electron chi connectivity index (χ1n) is 4.22. The van der Waals surface area contributed by atoms with Crippen LogP contribution in [0.4, 0.5) is 10.5 Å². The molecule has 0 aliphatic heterocycles. The summed E-state index contributed by atoms with van der Waals surface area (Å²) in [6.45, 7) is 0. The summed E-state index contributed by atoms with van der Waals surface area (Å²) in [5, 5.41) is 4.66. The lowest BCUT2D eigenvalue weighted by Crippen LogP contribution is -2.19. The molecule has 2 aromatic rings. The summed E-state index contributed by atoms with van der Waals surface area (Å²) in [6, 6.07) is 13.7. The second-order valence-corrected chi connectivity index (χ2v) is 2.98. The molecule has 0 aliphatic rings. The molecule has 0 atom stereocenters. The van der Waals surface area contributed by atoms with E-state index < -0.39 is 6.03 Å². The fourth-order valence-corrected chi connectivity index (χ4v) is 1.35. The molecule has 0 unspecified atom stereocenters. The summed E-state index contributed by atoms with van der Waals surface area (Å²) in [4.78, 5) is 10.6. The molecule has 0 aromatic heterocycles. The van der Waals surface area contributed by atoms with Gasteiger partial charge < -0.3 is 11.1 Å². The monoisotopic (exact) mass is 185 g/mol. The van der Waals surface area contributed by atoms with Crippen LogP contribution in [0.15, 0.2) is 36.4 Å². The minimum atomic E-state index is -0.549.